The topological polar surface area (TPSA) is 12.0 Å². The van der Waals surface area contributed by atoms with Gasteiger partial charge in [-0.3, -0.25) is 0 Å². The van der Waals surface area contributed by atoms with E-state index in [1.54, 1.807) is 0 Å². The highest BCUT2D eigenvalue weighted by atomic mass is 15.0. The van der Waals surface area contributed by atoms with E-state index < -0.39 is 0 Å². The van der Waals surface area contributed by atoms with Gasteiger partial charge in [0, 0.05) is 5.70 Å². The molecule has 1 aromatic carbocycles. The molecule has 1 nitrogen and oxygen atoms in total. The molecule has 0 amide bonds. The summed E-state index contributed by atoms with van der Waals surface area (Å²) in [6.07, 6.45) is 3.69. The van der Waals surface area contributed by atoms with E-state index in [1.165, 1.54) is 29.7 Å². The third kappa shape index (κ3) is 3.40. The van der Waals surface area contributed by atoms with Crippen LogP contribution in [0.25, 0.3) is 0 Å². The van der Waals surface area contributed by atoms with Crippen LogP contribution in [-0.4, -0.2) is 0 Å². The van der Waals surface area contributed by atoms with Crippen LogP contribution in [0, 0.1) is 5.41 Å². The first-order valence-electron chi connectivity index (χ1n) is 7.32. The molecule has 1 N–H and O–H groups in total. The van der Waals surface area contributed by atoms with Crippen molar-refractivity contribution in [2.24, 2.45) is 5.41 Å². The lowest BCUT2D eigenvalue weighted by Gasteiger charge is -2.38. The predicted octanol–water partition coefficient (Wildman–Crippen LogP) is 5.00. The van der Waals surface area contributed by atoms with Gasteiger partial charge < -0.3 is 5.32 Å². The third-order valence-corrected chi connectivity index (χ3v) is 4.31. The minimum absolute atomic E-state index is 0.00866. The Balaban J connectivity index is 2.20. The van der Waals surface area contributed by atoms with Gasteiger partial charge >= 0.3 is 0 Å². The highest BCUT2D eigenvalue weighted by molar-refractivity contribution is 5.26. The number of benzene rings is 1. The van der Waals surface area contributed by atoms with E-state index in [4.69, 9.17) is 0 Å². The average molecular weight is 257 g/mol. The molecule has 19 heavy (non-hydrogen) atoms. The Morgan fingerprint density at radius 1 is 1.11 bits per heavy atom. The fraction of sp³-hybridized carbons (Fsp3) is 0.556. The highest BCUT2D eigenvalue weighted by Crippen LogP contribution is 2.38. The minimum Gasteiger partial charge on any atom is -0.379 e. The van der Waals surface area contributed by atoms with Gasteiger partial charge in [-0.2, -0.15) is 0 Å². The summed E-state index contributed by atoms with van der Waals surface area (Å²) >= 11 is 0. The largest absolute Gasteiger partial charge is 0.379 e. The van der Waals surface area contributed by atoms with Crippen LogP contribution >= 0.6 is 0 Å². The SMILES string of the molecule is CC1=C(NC(C)(C)c2ccccc2)CC(C)(C)CC1. The zero-order valence-electron chi connectivity index (χ0n) is 13.0. The molecule has 0 bridgehead atoms. The summed E-state index contributed by atoms with van der Waals surface area (Å²) in [6.45, 7) is 11.6. The van der Waals surface area contributed by atoms with E-state index in [1.807, 2.05) is 0 Å². The summed E-state index contributed by atoms with van der Waals surface area (Å²) in [6, 6.07) is 10.7. The van der Waals surface area contributed by atoms with Crippen LogP contribution in [0.15, 0.2) is 41.6 Å². The summed E-state index contributed by atoms with van der Waals surface area (Å²) in [4.78, 5) is 0. The summed E-state index contributed by atoms with van der Waals surface area (Å²) in [5, 5.41) is 3.80. The highest BCUT2D eigenvalue weighted by Gasteiger charge is 2.29. The van der Waals surface area contributed by atoms with Gasteiger partial charge in [0.25, 0.3) is 0 Å². The van der Waals surface area contributed by atoms with Crippen molar-refractivity contribution >= 4 is 0 Å². The van der Waals surface area contributed by atoms with Crippen LogP contribution in [0.1, 0.15) is 59.4 Å². The molecular weight excluding hydrogens is 230 g/mol. The summed E-state index contributed by atoms with van der Waals surface area (Å²) < 4.78 is 0. The summed E-state index contributed by atoms with van der Waals surface area (Å²) in [5.41, 5.74) is 4.74. The van der Waals surface area contributed by atoms with Crippen molar-refractivity contribution in [1.29, 1.82) is 0 Å². The Hall–Kier alpha value is -1.24. The van der Waals surface area contributed by atoms with E-state index in [-0.39, 0.29) is 5.54 Å². The molecule has 0 atom stereocenters. The fourth-order valence-corrected chi connectivity index (χ4v) is 2.85. The lowest BCUT2D eigenvalue weighted by Crippen LogP contribution is -2.38. The second kappa shape index (κ2) is 5.03. The molecule has 0 aliphatic heterocycles. The maximum atomic E-state index is 3.80. The van der Waals surface area contributed by atoms with Crippen molar-refractivity contribution in [2.45, 2.75) is 59.4 Å². The molecular formula is C18H27N. The Labute approximate surface area is 118 Å². The quantitative estimate of drug-likeness (QED) is 0.804. The maximum Gasteiger partial charge on any atom is 0.0566 e. The number of hydrogen-bond donors (Lipinski definition) is 1. The molecule has 0 radical (unpaired) electrons. The molecule has 1 aliphatic carbocycles. The zero-order chi connectivity index (χ0) is 14.1. The van der Waals surface area contributed by atoms with Gasteiger partial charge in [0.15, 0.2) is 0 Å². The standard InChI is InChI=1S/C18H27N/c1-14-11-12-17(2,3)13-16(14)19-18(4,5)15-9-7-6-8-10-15/h6-10,19H,11-13H2,1-5H3. The van der Waals surface area contributed by atoms with Crippen molar-refractivity contribution in [2.75, 3.05) is 0 Å². The lowest BCUT2D eigenvalue weighted by molar-refractivity contribution is 0.288. The number of nitrogens with one attached hydrogen (secondary N) is 1. The van der Waals surface area contributed by atoms with Gasteiger partial charge in [0.1, 0.15) is 0 Å². The van der Waals surface area contributed by atoms with Gasteiger partial charge in [-0.15, -0.1) is 0 Å². The predicted molar refractivity (Wildman–Crippen MR) is 82.9 cm³/mol. The van der Waals surface area contributed by atoms with Crippen molar-refractivity contribution < 1.29 is 0 Å². The minimum atomic E-state index is -0.00866. The van der Waals surface area contributed by atoms with Crippen LogP contribution < -0.4 is 5.32 Å². The molecule has 0 spiro atoms. The van der Waals surface area contributed by atoms with E-state index in [9.17, 15) is 0 Å². The van der Waals surface area contributed by atoms with Crippen LogP contribution in [0.5, 0.6) is 0 Å². The van der Waals surface area contributed by atoms with Gasteiger partial charge in [0.05, 0.1) is 5.54 Å². The first kappa shape index (κ1) is 14.2. The van der Waals surface area contributed by atoms with Crippen LogP contribution in [0.3, 0.4) is 0 Å². The molecule has 0 aromatic heterocycles. The Morgan fingerprint density at radius 2 is 1.74 bits per heavy atom. The van der Waals surface area contributed by atoms with Crippen LogP contribution in [0.4, 0.5) is 0 Å². The van der Waals surface area contributed by atoms with Gasteiger partial charge in [-0.1, -0.05) is 49.8 Å². The molecule has 0 saturated heterocycles. The normalized spacial score (nSPS) is 19.4. The van der Waals surface area contributed by atoms with Crippen molar-refractivity contribution in [3.63, 3.8) is 0 Å². The maximum absolute atomic E-state index is 3.80. The molecule has 1 heteroatoms. The second-order valence-corrected chi connectivity index (χ2v) is 7.22. The first-order chi connectivity index (χ1) is 8.80. The molecule has 2 rings (SSSR count). The number of allylic oxidation sites excluding steroid dienone is 2. The zero-order valence-corrected chi connectivity index (χ0v) is 13.0. The smallest absolute Gasteiger partial charge is 0.0566 e. The van der Waals surface area contributed by atoms with Gasteiger partial charge in [0.2, 0.25) is 0 Å². The van der Waals surface area contributed by atoms with E-state index in [0.717, 1.165) is 6.42 Å². The van der Waals surface area contributed by atoms with Crippen molar-refractivity contribution in [3.05, 3.63) is 47.2 Å². The molecule has 0 fully saturated rings. The Morgan fingerprint density at radius 3 is 2.37 bits per heavy atom. The van der Waals surface area contributed by atoms with E-state index in [2.05, 4.69) is 70.3 Å². The average Bonchev–Trinajstić information content (AvgIpc) is 2.34. The molecule has 0 unspecified atom stereocenters. The van der Waals surface area contributed by atoms with Crippen LogP contribution in [-0.2, 0) is 5.54 Å². The monoisotopic (exact) mass is 257 g/mol. The van der Waals surface area contributed by atoms with Gasteiger partial charge in [-0.25, -0.2) is 0 Å². The van der Waals surface area contributed by atoms with Crippen molar-refractivity contribution in [1.82, 2.24) is 5.32 Å². The Bertz CT molecular complexity index is 466. The lowest BCUT2D eigenvalue weighted by atomic mass is 9.76. The second-order valence-electron chi connectivity index (χ2n) is 7.22. The molecule has 1 aromatic rings. The molecule has 0 saturated carbocycles. The Kier molecular flexibility index (Phi) is 3.75. The summed E-state index contributed by atoms with van der Waals surface area (Å²) in [7, 11) is 0. The molecule has 1 aliphatic rings. The molecule has 104 valence electrons. The third-order valence-electron chi connectivity index (χ3n) is 4.31. The fourth-order valence-electron chi connectivity index (χ4n) is 2.85. The molecule has 0 heterocycles. The number of rotatable bonds is 3. The van der Waals surface area contributed by atoms with Crippen molar-refractivity contribution in [3.8, 4) is 0 Å². The van der Waals surface area contributed by atoms with Crippen LogP contribution in [0.2, 0.25) is 0 Å². The number of hydrogen-bond acceptors (Lipinski definition) is 1. The van der Waals surface area contributed by atoms with E-state index >= 15 is 0 Å². The van der Waals surface area contributed by atoms with Gasteiger partial charge in [-0.05, 0) is 51.0 Å². The first-order valence-corrected chi connectivity index (χ1v) is 7.32. The van der Waals surface area contributed by atoms with E-state index in [0.29, 0.717) is 5.41 Å². The summed E-state index contributed by atoms with van der Waals surface area (Å²) in [5.74, 6) is 0.